The van der Waals surface area contributed by atoms with Crippen molar-refractivity contribution in [2.75, 3.05) is 5.32 Å². The normalized spacial score (nSPS) is 11.4. The molecule has 0 aliphatic carbocycles. The van der Waals surface area contributed by atoms with Crippen LogP contribution in [-0.2, 0) is 21.4 Å². The number of nitrogens with zero attached hydrogens (tertiary/aromatic N) is 1. The fourth-order valence-corrected chi connectivity index (χ4v) is 3.63. The second-order valence-electron chi connectivity index (χ2n) is 6.98. The molecule has 0 spiro atoms. The zero-order valence-electron chi connectivity index (χ0n) is 17.7. The molecule has 1 aromatic heterocycles. The number of nitrogens with two attached hydrogens (primary N) is 1. The predicted octanol–water partition coefficient (Wildman–Crippen LogP) is -2.21. The van der Waals surface area contributed by atoms with Crippen molar-refractivity contribution in [2.45, 2.75) is 25.3 Å². The summed E-state index contributed by atoms with van der Waals surface area (Å²) in [7, 11) is -8.77. The number of primary sulfonamides is 1. The molecule has 1 heterocycles. The number of aromatic nitrogens is 1. The number of nitrogens with one attached hydrogen (secondary N) is 1. The van der Waals surface area contributed by atoms with E-state index in [9.17, 15) is 13.2 Å². The van der Waals surface area contributed by atoms with Crippen LogP contribution in [0.2, 0.25) is 0 Å². The molecule has 3 rings (SSSR count). The second-order valence-corrected chi connectivity index (χ2v) is 9.30. The summed E-state index contributed by atoms with van der Waals surface area (Å²) in [6, 6.07) is 20.0. The van der Waals surface area contributed by atoms with E-state index in [4.69, 9.17) is 23.8 Å². The van der Waals surface area contributed by atoms with Gasteiger partial charge in [0.2, 0.25) is 16.6 Å². The third-order valence-corrected chi connectivity index (χ3v) is 5.35. The molecule has 3 aromatic rings. The van der Waals surface area contributed by atoms with E-state index in [-0.39, 0.29) is 17.3 Å². The molecule has 12 heteroatoms. The fraction of sp³-hybridized carbons (Fsp3) is 0.143. The van der Waals surface area contributed by atoms with Gasteiger partial charge in [-0.1, -0.05) is 36.4 Å². The second kappa shape index (κ2) is 10.8. The van der Waals surface area contributed by atoms with Crippen LogP contribution in [0.1, 0.15) is 11.4 Å². The Bertz CT molecular complexity index is 1200. The quantitative estimate of drug-likeness (QED) is 0.375. The SMILES string of the molecule is Cc1cc(-c2ccccc2)cc(C)[n+]1CC(=O)Nc1cccc(S(N)(=O)=O)c1.[O-][Cl+3]([O-])([O-])[O-]. The van der Waals surface area contributed by atoms with Crippen molar-refractivity contribution in [1.82, 2.24) is 0 Å². The third-order valence-electron chi connectivity index (χ3n) is 4.44. The van der Waals surface area contributed by atoms with Gasteiger partial charge in [-0.2, -0.15) is 4.57 Å². The zero-order valence-corrected chi connectivity index (χ0v) is 19.3. The van der Waals surface area contributed by atoms with Gasteiger partial charge in [-0.15, -0.1) is 10.2 Å². The van der Waals surface area contributed by atoms with E-state index in [0.29, 0.717) is 5.69 Å². The summed E-state index contributed by atoms with van der Waals surface area (Å²) in [5.41, 5.74) is 4.49. The number of aryl methyl sites for hydroxylation is 2. The number of hydrogen-bond donors (Lipinski definition) is 2. The molecule has 0 bridgehead atoms. The number of amides is 1. The number of anilines is 1. The van der Waals surface area contributed by atoms with Crippen molar-refractivity contribution in [3.63, 3.8) is 0 Å². The Balaban J connectivity index is 0.000000696. The predicted molar refractivity (Wildman–Crippen MR) is 108 cm³/mol. The van der Waals surface area contributed by atoms with Crippen LogP contribution in [0.15, 0.2) is 71.6 Å². The van der Waals surface area contributed by atoms with E-state index in [1.807, 2.05) is 60.9 Å². The van der Waals surface area contributed by atoms with Gasteiger partial charge in [0.1, 0.15) is 0 Å². The van der Waals surface area contributed by atoms with Gasteiger partial charge in [-0.3, -0.25) is 4.79 Å². The van der Waals surface area contributed by atoms with Gasteiger partial charge in [0.15, 0.2) is 11.4 Å². The van der Waals surface area contributed by atoms with E-state index in [1.165, 1.54) is 18.2 Å². The minimum Gasteiger partial charge on any atom is -0.321 e. The molecule has 33 heavy (non-hydrogen) atoms. The van der Waals surface area contributed by atoms with Crippen LogP contribution >= 0.6 is 0 Å². The lowest BCUT2D eigenvalue weighted by Gasteiger charge is -2.17. The smallest absolute Gasteiger partial charge is 0.290 e. The Morgan fingerprint density at radius 1 is 0.909 bits per heavy atom. The summed E-state index contributed by atoms with van der Waals surface area (Å²) in [4.78, 5) is 12.4. The summed E-state index contributed by atoms with van der Waals surface area (Å²) >= 11 is 0. The van der Waals surface area contributed by atoms with Gasteiger partial charge in [-0.05, 0) is 29.3 Å². The molecule has 0 saturated carbocycles. The number of rotatable bonds is 5. The number of pyridine rings is 1. The highest BCUT2D eigenvalue weighted by atomic mass is 35.7. The van der Waals surface area contributed by atoms with Crippen molar-refractivity contribution in [2.24, 2.45) is 5.14 Å². The molecule has 10 nitrogen and oxygen atoms in total. The third kappa shape index (κ3) is 8.86. The highest BCUT2D eigenvalue weighted by Crippen LogP contribution is 2.20. The number of halogens is 1. The maximum absolute atomic E-state index is 12.5. The number of sulfonamides is 1. The molecule has 1 amide bonds. The Morgan fingerprint density at radius 2 is 1.45 bits per heavy atom. The van der Waals surface area contributed by atoms with Crippen LogP contribution in [-0.4, -0.2) is 14.3 Å². The summed E-state index contributed by atoms with van der Waals surface area (Å²) in [5.74, 6) is -0.254. The van der Waals surface area contributed by atoms with Crippen LogP contribution in [0, 0.1) is 24.1 Å². The number of carbonyl (C=O) groups is 1. The highest BCUT2D eigenvalue weighted by Gasteiger charge is 2.18. The molecule has 0 aliphatic heterocycles. The standard InChI is InChI=1S/C21H21N3O3S.ClHO4/c1-15-11-18(17-7-4-3-5-8-17)12-16(2)24(15)14-21(25)23-19-9-6-10-20(13-19)28(22,26)27;2-1(3,4)5/h3-13H,14H2,1-2H3,(H2-,22,23,25,26,27);(H,2,3,4,5). The summed E-state index contributed by atoms with van der Waals surface area (Å²) in [6.07, 6.45) is 0. The molecular weight excluding hydrogens is 474 g/mol. The van der Waals surface area contributed by atoms with E-state index in [0.717, 1.165) is 22.5 Å². The van der Waals surface area contributed by atoms with Crippen molar-refractivity contribution in [3.05, 3.63) is 78.1 Å². The maximum Gasteiger partial charge on any atom is 0.290 e. The number of carbonyl (C=O) groups excluding carboxylic acids is 1. The topological polar surface area (TPSA) is 185 Å². The van der Waals surface area contributed by atoms with Gasteiger partial charge in [-0.25, -0.2) is 32.2 Å². The molecular formula is C21H22ClN3O7S. The molecule has 2 aromatic carbocycles. The van der Waals surface area contributed by atoms with E-state index in [1.54, 1.807) is 6.07 Å². The molecule has 0 atom stereocenters. The van der Waals surface area contributed by atoms with Crippen LogP contribution in [0.25, 0.3) is 11.1 Å². The Kier molecular flexibility index (Phi) is 8.63. The zero-order chi connectivity index (χ0) is 24.8. The van der Waals surface area contributed by atoms with Gasteiger partial charge in [0.25, 0.3) is 5.91 Å². The molecule has 0 saturated heterocycles. The Hall–Kier alpha value is -2.90. The van der Waals surface area contributed by atoms with Gasteiger partial charge in [0, 0.05) is 31.7 Å². The van der Waals surface area contributed by atoms with Gasteiger partial charge >= 0.3 is 0 Å². The first-order valence-corrected chi connectivity index (χ1v) is 12.1. The fourth-order valence-electron chi connectivity index (χ4n) is 3.07. The van der Waals surface area contributed by atoms with Crippen LogP contribution < -0.4 is 33.7 Å². The molecule has 0 aliphatic rings. The first kappa shape index (κ1) is 26.4. The van der Waals surface area contributed by atoms with Crippen molar-refractivity contribution in [1.29, 1.82) is 0 Å². The average molecular weight is 496 g/mol. The Labute approximate surface area is 193 Å². The Morgan fingerprint density at radius 3 is 1.97 bits per heavy atom. The number of benzene rings is 2. The largest absolute Gasteiger partial charge is 0.321 e. The van der Waals surface area contributed by atoms with E-state index in [2.05, 4.69) is 5.32 Å². The van der Waals surface area contributed by atoms with Crippen molar-refractivity contribution < 1.29 is 46.7 Å². The van der Waals surface area contributed by atoms with E-state index < -0.39 is 20.3 Å². The molecule has 176 valence electrons. The van der Waals surface area contributed by atoms with Crippen LogP contribution in [0.5, 0.6) is 0 Å². The minimum atomic E-state index is -4.94. The number of hydrogen-bond acceptors (Lipinski definition) is 7. The molecule has 0 fully saturated rings. The molecule has 0 unspecified atom stereocenters. The lowest BCUT2D eigenvalue weighted by atomic mass is 10.0. The van der Waals surface area contributed by atoms with E-state index >= 15 is 0 Å². The first-order chi connectivity index (χ1) is 15.2. The summed E-state index contributed by atoms with van der Waals surface area (Å²) < 4.78 is 58.8. The summed E-state index contributed by atoms with van der Waals surface area (Å²) in [6.45, 7) is 4.02. The van der Waals surface area contributed by atoms with Crippen LogP contribution in [0.4, 0.5) is 5.69 Å². The lowest BCUT2D eigenvalue weighted by Crippen LogP contribution is -2.68. The van der Waals surface area contributed by atoms with Crippen LogP contribution in [0.3, 0.4) is 0 Å². The molecule has 0 radical (unpaired) electrons. The van der Waals surface area contributed by atoms with Crippen molar-refractivity contribution in [3.8, 4) is 11.1 Å². The monoisotopic (exact) mass is 495 g/mol. The minimum absolute atomic E-state index is 0.0440. The lowest BCUT2D eigenvalue weighted by molar-refractivity contribution is -2.00. The maximum atomic E-state index is 12.5. The molecule has 3 N–H and O–H groups in total. The summed E-state index contributed by atoms with van der Waals surface area (Å²) in [5, 5.41) is 7.86. The van der Waals surface area contributed by atoms with Gasteiger partial charge in [0.05, 0.1) is 4.90 Å². The average Bonchev–Trinajstić information content (AvgIpc) is 2.69. The first-order valence-electron chi connectivity index (χ1n) is 9.35. The van der Waals surface area contributed by atoms with Crippen molar-refractivity contribution >= 4 is 21.6 Å². The van der Waals surface area contributed by atoms with Gasteiger partial charge < -0.3 is 5.32 Å². The highest BCUT2D eigenvalue weighted by molar-refractivity contribution is 7.89.